The number of piperidine rings is 1. The first-order valence-corrected chi connectivity index (χ1v) is 5.78. The normalized spacial score (nSPS) is 37.8. The van der Waals surface area contributed by atoms with E-state index in [0.29, 0.717) is 5.41 Å². The quantitative estimate of drug-likeness (QED) is 0.661. The van der Waals surface area contributed by atoms with Crippen molar-refractivity contribution in [1.29, 1.82) is 0 Å². The number of nitrogens with zero attached hydrogens (tertiary/aromatic N) is 1. The number of fused-ring (bicyclic) bond motifs is 1. The van der Waals surface area contributed by atoms with Gasteiger partial charge in [-0.3, -0.25) is 0 Å². The smallest absolute Gasteiger partial charge is 0.0218 e. The van der Waals surface area contributed by atoms with Gasteiger partial charge in [-0.15, -0.1) is 11.3 Å². The van der Waals surface area contributed by atoms with Gasteiger partial charge < -0.3 is 4.90 Å². The molecule has 0 aromatic carbocycles. The first-order valence-electron chi connectivity index (χ1n) is 4.96. The van der Waals surface area contributed by atoms with Crippen LogP contribution in [0.2, 0.25) is 0 Å². The van der Waals surface area contributed by atoms with Crippen LogP contribution in [0, 0.1) is 12.8 Å². The molecule has 1 saturated heterocycles. The predicted octanol–water partition coefficient (Wildman–Crippen LogP) is 2.26. The lowest BCUT2D eigenvalue weighted by molar-refractivity contribution is 0.364. The fraction of sp³-hybridized carbons (Fsp3) is 0.636. The molecule has 1 aliphatic heterocycles. The molecule has 1 saturated carbocycles. The van der Waals surface area contributed by atoms with E-state index < -0.39 is 0 Å². The molecule has 1 aromatic rings. The van der Waals surface area contributed by atoms with Gasteiger partial charge in [-0.25, -0.2) is 0 Å². The molecule has 1 nitrogen and oxygen atoms in total. The highest BCUT2D eigenvalue weighted by Crippen LogP contribution is 2.59. The van der Waals surface area contributed by atoms with E-state index in [1.165, 1.54) is 24.4 Å². The van der Waals surface area contributed by atoms with Crippen LogP contribution in [-0.2, 0) is 5.41 Å². The van der Waals surface area contributed by atoms with Crippen LogP contribution in [0.15, 0.2) is 12.1 Å². The second-order valence-electron chi connectivity index (χ2n) is 4.66. The maximum Gasteiger partial charge on any atom is 0.0218 e. The van der Waals surface area contributed by atoms with Crippen molar-refractivity contribution in [2.75, 3.05) is 20.1 Å². The highest BCUT2D eigenvalue weighted by molar-refractivity contribution is 7.12. The Labute approximate surface area is 83.4 Å². The molecule has 2 heteroatoms. The summed E-state index contributed by atoms with van der Waals surface area (Å²) in [5, 5.41) is 0. The van der Waals surface area contributed by atoms with E-state index in [1.54, 1.807) is 4.88 Å². The standard InChI is InChI=1S/C11H15NS/c1-8-3-4-10(13-8)11-5-9(11)6-12(2)7-11/h3-4,9H,5-7H2,1-2H3. The Bertz CT molecular complexity index is 344. The zero-order chi connectivity index (χ0) is 9.05. The van der Waals surface area contributed by atoms with Crippen molar-refractivity contribution in [3.8, 4) is 0 Å². The molecule has 2 unspecified atom stereocenters. The van der Waals surface area contributed by atoms with Crippen molar-refractivity contribution in [3.63, 3.8) is 0 Å². The first-order chi connectivity index (χ1) is 6.21. The van der Waals surface area contributed by atoms with Gasteiger partial charge >= 0.3 is 0 Å². The molecule has 70 valence electrons. The maximum absolute atomic E-state index is 2.48. The van der Waals surface area contributed by atoms with Gasteiger partial charge in [-0.1, -0.05) is 0 Å². The van der Waals surface area contributed by atoms with Gasteiger partial charge in [-0.05, 0) is 38.4 Å². The number of aryl methyl sites for hydroxylation is 1. The molecular weight excluding hydrogens is 178 g/mol. The van der Waals surface area contributed by atoms with E-state index >= 15 is 0 Å². The van der Waals surface area contributed by atoms with E-state index in [0.717, 1.165) is 5.92 Å². The Balaban J connectivity index is 1.94. The largest absolute Gasteiger partial charge is 0.305 e. The summed E-state index contributed by atoms with van der Waals surface area (Å²) in [6, 6.07) is 4.61. The lowest BCUT2D eigenvalue weighted by atomic mass is 10.0. The van der Waals surface area contributed by atoms with Crippen LogP contribution >= 0.6 is 11.3 Å². The van der Waals surface area contributed by atoms with Gasteiger partial charge in [0.1, 0.15) is 0 Å². The minimum absolute atomic E-state index is 0.591. The monoisotopic (exact) mass is 193 g/mol. The van der Waals surface area contributed by atoms with Crippen LogP contribution in [-0.4, -0.2) is 25.0 Å². The molecule has 3 rings (SSSR count). The highest BCUT2D eigenvalue weighted by atomic mass is 32.1. The van der Waals surface area contributed by atoms with E-state index in [1.807, 2.05) is 11.3 Å². The van der Waals surface area contributed by atoms with E-state index in [2.05, 4.69) is 31.0 Å². The predicted molar refractivity (Wildman–Crippen MR) is 56.3 cm³/mol. The second kappa shape index (κ2) is 2.37. The minimum Gasteiger partial charge on any atom is -0.305 e. The molecule has 0 N–H and O–H groups in total. The summed E-state index contributed by atoms with van der Waals surface area (Å²) >= 11 is 2.00. The molecule has 1 aromatic heterocycles. The third-order valence-electron chi connectivity index (χ3n) is 3.55. The second-order valence-corrected chi connectivity index (χ2v) is 5.95. The Morgan fingerprint density at radius 3 is 2.92 bits per heavy atom. The fourth-order valence-electron chi connectivity index (χ4n) is 2.82. The Morgan fingerprint density at radius 1 is 1.54 bits per heavy atom. The van der Waals surface area contributed by atoms with Gasteiger partial charge in [-0.2, -0.15) is 0 Å². The molecule has 2 atom stereocenters. The van der Waals surface area contributed by atoms with Gasteiger partial charge in [0.15, 0.2) is 0 Å². The van der Waals surface area contributed by atoms with Crippen molar-refractivity contribution in [2.24, 2.45) is 5.92 Å². The fourth-order valence-corrected chi connectivity index (χ4v) is 3.95. The van der Waals surface area contributed by atoms with Crippen molar-refractivity contribution < 1.29 is 0 Å². The summed E-state index contributed by atoms with van der Waals surface area (Å²) in [5.74, 6) is 0.968. The Hall–Kier alpha value is -0.340. The van der Waals surface area contributed by atoms with Crippen LogP contribution in [0.4, 0.5) is 0 Å². The Morgan fingerprint density at radius 2 is 2.38 bits per heavy atom. The molecule has 2 fully saturated rings. The molecule has 0 spiro atoms. The van der Waals surface area contributed by atoms with Crippen molar-refractivity contribution in [2.45, 2.75) is 18.8 Å². The molecule has 13 heavy (non-hydrogen) atoms. The summed E-state index contributed by atoms with van der Waals surface area (Å²) in [5.41, 5.74) is 0.591. The zero-order valence-electron chi connectivity index (χ0n) is 8.21. The maximum atomic E-state index is 2.48. The lowest BCUT2D eigenvalue weighted by Gasteiger charge is -2.14. The van der Waals surface area contributed by atoms with Crippen molar-refractivity contribution in [3.05, 3.63) is 21.9 Å². The number of hydrogen-bond donors (Lipinski definition) is 0. The average molecular weight is 193 g/mol. The molecule has 0 radical (unpaired) electrons. The summed E-state index contributed by atoms with van der Waals surface area (Å²) < 4.78 is 0. The topological polar surface area (TPSA) is 3.24 Å². The SMILES string of the molecule is Cc1ccc(C23CC2CN(C)C3)s1. The highest BCUT2D eigenvalue weighted by Gasteiger charge is 2.60. The summed E-state index contributed by atoms with van der Waals surface area (Å²) in [4.78, 5) is 5.58. The van der Waals surface area contributed by atoms with Gasteiger partial charge in [0.2, 0.25) is 0 Å². The molecule has 2 heterocycles. The van der Waals surface area contributed by atoms with E-state index in [4.69, 9.17) is 0 Å². The van der Waals surface area contributed by atoms with Gasteiger partial charge in [0, 0.05) is 28.3 Å². The van der Waals surface area contributed by atoms with Crippen LogP contribution in [0.5, 0.6) is 0 Å². The number of hydrogen-bond acceptors (Lipinski definition) is 2. The Kier molecular flexibility index (Phi) is 1.46. The van der Waals surface area contributed by atoms with Gasteiger partial charge in [0.05, 0.1) is 0 Å². The summed E-state index contributed by atoms with van der Waals surface area (Å²) in [6.45, 7) is 4.81. The van der Waals surface area contributed by atoms with Crippen LogP contribution in [0.25, 0.3) is 0 Å². The number of likely N-dealkylation sites (tertiary alicyclic amines) is 1. The third kappa shape index (κ3) is 1.02. The number of likely N-dealkylation sites (N-methyl/N-ethyl adjacent to an activating group) is 1. The van der Waals surface area contributed by atoms with E-state index in [9.17, 15) is 0 Å². The molecule has 0 amide bonds. The molecule has 2 aliphatic rings. The lowest BCUT2D eigenvalue weighted by Crippen LogP contribution is -2.21. The van der Waals surface area contributed by atoms with Gasteiger partial charge in [0.25, 0.3) is 0 Å². The van der Waals surface area contributed by atoms with Crippen molar-refractivity contribution in [1.82, 2.24) is 4.90 Å². The van der Waals surface area contributed by atoms with E-state index in [-0.39, 0.29) is 0 Å². The first kappa shape index (κ1) is 8.01. The molecular formula is C11H15NS. The minimum atomic E-state index is 0.591. The molecule has 1 aliphatic carbocycles. The summed E-state index contributed by atoms with van der Waals surface area (Å²) in [7, 11) is 2.24. The van der Waals surface area contributed by atoms with Crippen LogP contribution in [0.3, 0.4) is 0 Å². The zero-order valence-corrected chi connectivity index (χ0v) is 9.03. The van der Waals surface area contributed by atoms with Crippen LogP contribution < -0.4 is 0 Å². The third-order valence-corrected chi connectivity index (χ3v) is 4.77. The number of rotatable bonds is 1. The molecule has 0 bridgehead atoms. The number of thiophene rings is 1. The van der Waals surface area contributed by atoms with Crippen LogP contribution in [0.1, 0.15) is 16.2 Å². The summed E-state index contributed by atoms with van der Waals surface area (Å²) in [6.07, 6.45) is 1.44. The van der Waals surface area contributed by atoms with Crippen molar-refractivity contribution >= 4 is 11.3 Å². The average Bonchev–Trinajstić information content (AvgIpc) is 2.46.